The molecule has 0 radical (unpaired) electrons. The van der Waals surface area contributed by atoms with Gasteiger partial charge in [0.05, 0.1) is 10.7 Å². The zero-order chi connectivity index (χ0) is 13.2. The Morgan fingerprint density at radius 3 is 2.50 bits per heavy atom. The normalized spacial score (nSPS) is 17.0. The lowest BCUT2D eigenvalue weighted by Crippen LogP contribution is -2.43. The van der Waals surface area contributed by atoms with Crippen LogP contribution in [0.1, 0.15) is 20.8 Å². The molecule has 1 N–H and O–H groups in total. The molecule has 1 aliphatic heterocycles. The van der Waals surface area contributed by atoms with Gasteiger partial charge < -0.3 is 10.2 Å². The third-order valence-corrected chi connectivity index (χ3v) is 4.50. The predicted octanol–water partition coefficient (Wildman–Crippen LogP) is 3.64. The number of piperazine rings is 1. The van der Waals surface area contributed by atoms with Crippen molar-refractivity contribution >= 4 is 29.1 Å². The predicted molar refractivity (Wildman–Crippen MR) is 82.1 cm³/mol. The fourth-order valence-electron chi connectivity index (χ4n) is 2.06. The van der Waals surface area contributed by atoms with Gasteiger partial charge in [0.25, 0.3) is 0 Å². The van der Waals surface area contributed by atoms with Crippen LogP contribution in [0.25, 0.3) is 0 Å². The lowest BCUT2D eigenvalue weighted by molar-refractivity contribution is 0.589. The van der Waals surface area contributed by atoms with Crippen molar-refractivity contribution < 1.29 is 0 Å². The Hall–Kier alpha value is -0.380. The molecule has 0 aliphatic carbocycles. The van der Waals surface area contributed by atoms with Crippen LogP contribution in [0.4, 0.5) is 5.69 Å². The third-order valence-electron chi connectivity index (χ3n) is 2.82. The van der Waals surface area contributed by atoms with E-state index in [0.717, 1.165) is 31.2 Å². The minimum Gasteiger partial charge on any atom is -0.368 e. The van der Waals surface area contributed by atoms with Crippen molar-refractivity contribution in [3.63, 3.8) is 0 Å². The van der Waals surface area contributed by atoms with Gasteiger partial charge in [0.2, 0.25) is 0 Å². The monoisotopic (exact) mass is 284 g/mol. The van der Waals surface area contributed by atoms with Gasteiger partial charge in [-0.05, 0) is 12.1 Å². The van der Waals surface area contributed by atoms with Gasteiger partial charge in [-0.25, -0.2) is 0 Å². The van der Waals surface area contributed by atoms with Crippen LogP contribution < -0.4 is 10.2 Å². The molecule has 0 amide bonds. The summed E-state index contributed by atoms with van der Waals surface area (Å²) in [5.74, 6) is 0. The Morgan fingerprint density at radius 2 is 1.89 bits per heavy atom. The van der Waals surface area contributed by atoms with Gasteiger partial charge in [0.1, 0.15) is 0 Å². The van der Waals surface area contributed by atoms with Crippen molar-refractivity contribution in [2.75, 3.05) is 31.1 Å². The Bertz CT molecular complexity index is 409. The molecule has 0 bridgehead atoms. The van der Waals surface area contributed by atoms with E-state index < -0.39 is 0 Å². The Labute approximate surface area is 119 Å². The summed E-state index contributed by atoms with van der Waals surface area (Å²) in [6.45, 7) is 10.8. The summed E-state index contributed by atoms with van der Waals surface area (Å²) >= 11 is 8.40. The van der Waals surface area contributed by atoms with E-state index in [4.69, 9.17) is 11.6 Å². The first-order valence-corrected chi connectivity index (χ1v) is 7.60. The highest BCUT2D eigenvalue weighted by molar-refractivity contribution is 8.00. The number of hydrogen-bond acceptors (Lipinski definition) is 3. The van der Waals surface area contributed by atoms with Crippen molar-refractivity contribution in [3.05, 3.63) is 23.2 Å². The number of rotatable bonds is 2. The lowest BCUT2D eigenvalue weighted by Gasteiger charge is -2.31. The van der Waals surface area contributed by atoms with Crippen LogP contribution in [0.2, 0.25) is 5.02 Å². The van der Waals surface area contributed by atoms with Gasteiger partial charge >= 0.3 is 0 Å². The largest absolute Gasteiger partial charge is 0.368 e. The van der Waals surface area contributed by atoms with E-state index in [0.29, 0.717) is 0 Å². The maximum Gasteiger partial charge on any atom is 0.0775 e. The molecule has 1 aromatic carbocycles. The molecule has 1 heterocycles. The van der Waals surface area contributed by atoms with Crippen molar-refractivity contribution in [2.24, 2.45) is 0 Å². The Morgan fingerprint density at radius 1 is 1.22 bits per heavy atom. The molecule has 0 unspecified atom stereocenters. The molecule has 100 valence electrons. The topological polar surface area (TPSA) is 15.3 Å². The van der Waals surface area contributed by atoms with Crippen molar-refractivity contribution in [1.82, 2.24) is 5.32 Å². The number of nitrogens with zero attached hydrogens (tertiary/aromatic N) is 1. The van der Waals surface area contributed by atoms with E-state index in [1.54, 1.807) is 0 Å². The molecule has 0 atom stereocenters. The second-order valence-corrected chi connectivity index (χ2v) is 7.79. The van der Waals surface area contributed by atoms with Gasteiger partial charge in [0, 0.05) is 35.8 Å². The quantitative estimate of drug-likeness (QED) is 0.835. The molecule has 1 aliphatic rings. The summed E-state index contributed by atoms with van der Waals surface area (Å²) in [6, 6.07) is 6.35. The van der Waals surface area contributed by atoms with Gasteiger partial charge in [-0.2, -0.15) is 0 Å². The molecule has 4 heteroatoms. The van der Waals surface area contributed by atoms with Crippen LogP contribution >= 0.6 is 23.4 Å². The summed E-state index contributed by atoms with van der Waals surface area (Å²) in [4.78, 5) is 3.55. The molecule has 1 saturated heterocycles. The molecule has 18 heavy (non-hydrogen) atoms. The minimum atomic E-state index is 0.186. The number of anilines is 1. The molecular formula is C14H21ClN2S. The van der Waals surface area contributed by atoms with Crippen LogP contribution in [-0.2, 0) is 0 Å². The zero-order valence-electron chi connectivity index (χ0n) is 11.3. The van der Waals surface area contributed by atoms with E-state index in [-0.39, 0.29) is 4.75 Å². The van der Waals surface area contributed by atoms with Crippen LogP contribution in [0.3, 0.4) is 0 Å². The second kappa shape index (κ2) is 5.72. The van der Waals surface area contributed by atoms with Crippen LogP contribution in [0.15, 0.2) is 23.1 Å². The fraction of sp³-hybridized carbons (Fsp3) is 0.571. The van der Waals surface area contributed by atoms with Crippen molar-refractivity contribution in [3.8, 4) is 0 Å². The third kappa shape index (κ3) is 3.56. The highest BCUT2D eigenvalue weighted by atomic mass is 35.5. The Kier molecular flexibility index (Phi) is 4.46. The second-order valence-electron chi connectivity index (χ2n) is 5.54. The molecule has 2 rings (SSSR count). The van der Waals surface area contributed by atoms with Crippen molar-refractivity contribution in [1.29, 1.82) is 0 Å². The van der Waals surface area contributed by atoms with Crippen LogP contribution in [-0.4, -0.2) is 30.9 Å². The van der Waals surface area contributed by atoms with Gasteiger partial charge in [-0.1, -0.05) is 38.4 Å². The average molecular weight is 285 g/mol. The smallest absolute Gasteiger partial charge is 0.0775 e. The highest BCUT2D eigenvalue weighted by Crippen LogP contribution is 2.40. The molecule has 2 nitrogen and oxygen atoms in total. The summed E-state index contributed by atoms with van der Waals surface area (Å²) in [5, 5.41) is 4.27. The van der Waals surface area contributed by atoms with E-state index in [9.17, 15) is 0 Å². The van der Waals surface area contributed by atoms with Crippen molar-refractivity contribution in [2.45, 2.75) is 30.4 Å². The SMILES string of the molecule is CC(C)(C)Sc1cccc(N2CCNCC2)c1Cl. The first-order chi connectivity index (χ1) is 8.47. The van der Waals surface area contributed by atoms with Gasteiger partial charge in [0.15, 0.2) is 0 Å². The average Bonchev–Trinajstić information content (AvgIpc) is 2.31. The first-order valence-electron chi connectivity index (χ1n) is 6.40. The summed E-state index contributed by atoms with van der Waals surface area (Å²) < 4.78 is 0.186. The maximum atomic E-state index is 6.57. The molecule has 1 aromatic rings. The molecule has 1 fully saturated rings. The first kappa shape index (κ1) is 14.0. The maximum absolute atomic E-state index is 6.57. The summed E-state index contributed by atoms with van der Waals surface area (Å²) in [7, 11) is 0. The van der Waals surface area contributed by atoms with Gasteiger partial charge in [-0.3, -0.25) is 0 Å². The molecule has 0 spiro atoms. The van der Waals surface area contributed by atoms with Crippen LogP contribution in [0.5, 0.6) is 0 Å². The molecule has 0 saturated carbocycles. The zero-order valence-corrected chi connectivity index (χ0v) is 12.9. The number of halogens is 1. The standard InChI is InChI=1S/C14H21ClN2S/c1-14(2,3)18-12-6-4-5-11(13(12)15)17-9-7-16-8-10-17/h4-6,16H,7-10H2,1-3H3. The number of hydrogen-bond donors (Lipinski definition) is 1. The van der Waals surface area contributed by atoms with E-state index in [1.807, 2.05) is 11.8 Å². The molecule has 0 aromatic heterocycles. The van der Waals surface area contributed by atoms with E-state index in [2.05, 4.69) is 49.2 Å². The number of thioether (sulfide) groups is 1. The minimum absolute atomic E-state index is 0.186. The van der Waals surface area contributed by atoms with Gasteiger partial charge in [-0.15, -0.1) is 11.8 Å². The molecular weight excluding hydrogens is 264 g/mol. The summed E-state index contributed by atoms with van der Waals surface area (Å²) in [5.41, 5.74) is 1.17. The fourth-order valence-corrected chi connectivity index (χ4v) is 3.42. The van der Waals surface area contributed by atoms with Crippen LogP contribution in [0, 0.1) is 0 Å². The van der Waals surface area contributed by atoms with E-state index in [1.165, 1.54) is 10.6 Å². The summed E-state index contributed by atoms with van der Waals surface area (Å²) in [6.07, 6.45) is 0. The van der Waals surface area contributed by atoms with E-state index >= 15 is 0 Å². The highest BCUT2D eigenvalue weighted by Gasteiger charge is 2.19. The number of benzene rings is 1. The number of nitrogens with one attached hydrogen (secondary N) is 1. The lowest BCUT2D eigenvalue weighted by atomic mass is 10.2. The Balaban J connectivity index is 2.23.